The first kappa shape index (κ1) is 10.2. The van der Waals surface area contributed by atoms with E-state index in [9.17, 15) is 4.79 Å². The Morgan fingerprint density at radius 2 is 2.40 bits per heavy atom. The molecule has 1 saturated heterocycles. The molecular formula is C10H15N3O2. The monoisotopic (exact) mass is 209 g/mol. The molecule has 1 aliphatic rings. The number of hydrogen-bond acceptors (Lipinski definition) is 3. The molecule has 2 unspecified atom stereocenters. The van der Waals surface area contributed by atoms with Gasteiger partial charge in [0.25, 0.3) is 0 Å². The van der Waals surface area contributed by atoms with Crippen LogP contribution >= 0.6 is 0 Å². The first-order valence-electron chi connectivity index (χ1n) is 5.03. The molecule has 0 amide bonds. The highest BCUT2D eigenvalue weighted by atomic mass is 16.4. The molecule has 1 aromatic heterocycles. The minimum Gasteiger partial charge on any atom is -0.481 e. The summed E-state index contributed by atoms with van der Waals surface area (Å²) in [5.41, 5.74) is 2.10. The van der Waals surface area contributed by atoms with Crippen molar-refractivity contribution in [3.8, 4) is 0 Å². The van der Waals surface area contributed by atoms with Crippen LogP contribution in [0.15, 0.2) is 6.20 Å². The largest absolute Gasteiger partial charge is 0.481 e. The van der Waals surface area contributed by atoms with Gasteiger partial charge >= 0.3 is 5.97 Å². The molecule has 2 atom stereocenters. The fourth-order valence-electron chi connectivity index (χ4n) is 2.14. The summed E-state index contributed by atoms with van der Waals surface area (Å²) in [7, 11) is 1.87. The van der Waals surface area contributed by atoms with Crippen LogP contribution in [0.4, 0.5) is 0 Å². The third-order valence-electron chi connectivity index (χ3n) is 3.20. The second-order valence-corrected chi connectivity index (χ2v) is 4.02. The van der Waals surface area contributed by atoms with E-state index in [4.69, 9.17) is 5.11 Å². The van der Waals surface area contributed by atoms with Gasteiger partial charge in [0.2, 0.25) is 0 Å². The SMILES string of the molecule is Cc1c(C2CNCC2C(=O)O)cnn1C. The summed E-state index contributed by atoms with van der Waals surface area (Å²) in [4.78, 5) is 11.0. The van der Waals surface area contributed by atoms with Crippen LogP contribution in [0.1, 0.15) is 17.2 Å². The third kappa shape index (κ3) is 1.63. The number of hydrogen-bond donors (Lipinski definition) is 2. The summed E-state index contributed by atoms with van der Waals surface area (Å²) in [6.45, 7) is 3.25. The van der Waals surface area contributed by atoms with E-state index in [0.29, 0.717) is 6.54 Å². The minimum atomic E-state index is -0.728. The third-order valence-corrected chi connectivity index (χ3v) is 3.20. The molecule has 15 heavy (non-hydrogen) atoms. The van der Waals surface area contributed by atoms with Crippen molar-refractivity contribution in [3.05, 3.63) is 17.5 Å². The van der Waals surface area contributed by atoms with Crippen molar-refractivity contribution in [1.29, 1.82) is 0 Å². The molecule has 5 heteroatoms. The van der Waals surface area contributed by atoms with Crippen molar-refractivity contribution in [2.24, 2.45) is 13.0 Å². The Labute approximate surface area is 88.1 Å². The number of rotatable bonds is 2. The van der Waals surface area contributed by atoms with Crippen molar-refractivity contribution in [2.45, 2.75) is 12.8 Å². The van der Waals surface area contributed by atoms with E-state index in [1.54, 1.807) is 10.9 Å². The van der Waals surface area contributed by atoms with Crippen molar-refractivity contribution < 1.29 is 9.90 Å². The van der Waals surface area contributed by atoms with Crippen molar-refractivity contribution >= 4 is 5.97 Å². The van der Waals surface area contributed by atoms with Gasteiger partial charge in [0.15, 0.2) is 0 Å². The second kappa shape index (κ2) is 3.66. The number of carboxylic acid groups (broad SMARTS) is 1. The number of carboxylic acids is 1. The molecular weight excluding hydrogens is 194 g/mol. The zero-order chi connectivity index (χ0) is 11.0. The smallest absolute Gasteiger partial charge is 0.308 e. The molecule has 5 nitrogen and oxygen atoms in total. The number of aromatic nitrogens is 2. The molecule has 0 radical (unpaired) electrons. The molecule has 82 valence electrons. The van der Waals surface area contributed by atoms with Gasteiger partial charge in [0.05, 0.1) is 12.1 Å². The van der Waals surface area contributed by atoms with E-state index in [1.807, 2.05) is 14.0 Å². The Balaban J connectivity index is 2.30. The molecule has 1 fully saturated rings. The Bertz CT molecular complexity index is 386. The summed E-state index contributed by atoms with van der Waals surface area (Å²) in [5.74, 6) is -1.00. The summed E-state index contributed by atoms with van der Waals surface area (Å²) in [6.07, 6.45) is 1.78. The predicted octanol–water partition coefficient (Wildman–Crippen LogP) is 0.116. The maximum Gasteiger partial charge on any atom is 0.308 e. The lowest BCUT2D eigenvalue weighted by molar-refractivity contribution is -0.141. The molecule has 1 aliphatic heterocycles. The lowest BCUT2D eigenvalue weighted by atomic mass is 9.89. The quantitative estimate of drug-likeness (QED) is 0.725. The Morgan fingerprint density at radius 3 is 2.93 bits per heavy atom. The average Bonchev–Trinajstić information content (AvgIpc) is 2.75. The lowest BCUT2D eigenvalue weighted by Gasteiger charge is -2.13. The Hall–Kier alpha value is -1.36. The molecule has 2 heterocycles. The van der Waals surface area contributed by atoms with E-state index < -0.39 is 5.97 Å². The second-order valence-electron chi connectivity index (χ2n) is 4.02. The zero-order valence-corrected chi connectivity index (χ0v) is 8.90. The van der Waals surface area contributed by atoms with E-state index in [2.05, 4.69) is 10.4 Å². The number of aryl methyl sites for hydroxylation is 1. The number of aliphatic carboxylic acids is 1. The number of nitrogens with one attached hydrogen (secondary N) is 1. The normalized spacial score (nSPS) is 25.7. The van der Waals surface area contributed by atoms with E-state index >= 15 is 0 Å². The van der Waals surface area contributed by atoms with Gasteiger partial charge in [-0.2, -0.15) is 5.10 Å². The van der Waals surface area contributed by atoms with Crippen LogP contribution in [0.2, 0.25) is 0 Å². The summed E-state index contributed by atoms with van der Waals surface area (Å²) in [6, 6.07) is 0. The number of carbonyl (C=O) groups is 1. The molecule has 0 aromatic carbocycles. The highest BCUT2D eigenvalue weighted by molar-refractivity contribution is 5.72. The van der Waals surface area contributed by atoms with Crippen molar-refractivity contribution in [2.75, 3.05) is 13.1 Å². The highest BCUT2D eigenvalue weighted by Crippen LogP contribution is 2.29. The zero-order valence-electron chi connectivity index (χ0n) is 8.90. The van der Waals surface area contributed by atoms with Gasteiger partial charge in [-0.25, -0.2) is 0 Å². The van der Waals surface area contributed by atoms with Gasteiger partial charge in [-0.3, -0.25) is 9.48 Å². The first-order valence-corrected chi connectivity index (χ1v) is 5.03. The van der Waals surface area contributed by atoms with Crippen LogP contribution in [-0.4, -0.2) is 33.9 Å². The predicted molar refractivity (Wildman–Crippen MR) is 54.7 cm³/mol. The maximum atomic E-state index is 11.0. The molecule has 0 spiro atoms. The number of nitrogens with zero attached hydrogens (tertiary/aromatic N) is 2. The topological polar surface area (TPSA) is 67.2 Å². The Kier molecular flexibility index (Phi) is 2.48. The fraction of sp³-hybridized carbons (Fsp3) is 0.600. The molecule has 1 aromatic rings. The van der Waals surface area contributed by atoms with Gasteiger partial charge in [0, 0.05) is 31.7 Å². The molecule has 0 saturated carbocycles. The van der Waals surface area contributed by atoms with Crippen LogP contribution in [0.25, 0.3) is 0 Å². The van der Waals surface area contributed by atoms with Gasteiger partial charge in [0.1, 0.15) is 0 Å². The molecule has 2 rings (SSSR count). The molecule has 0 aliphatic carbocycles. The molecule has 0 bridgehead atoms. The summed E-state index contributed by atoms with van der Waals surface area (Å²) < 4.78 is 1.78. The van der Waals surface area contributed by atoms with Crippen LogP contribution in [0.3, 0.4) is 0 Å². The van der Waals surface area contributed by atoms with Gasteiger partial charge < -0.3 is 10.4 Å². The van der Waals surface area contributed by atoms with E-state index in [0.717, 1.165) is 17.8 Å². The van der Waals surface area contributed by atoms with Gasteiger partial charge in [-0.05, 0) is 12.5 Å². The molecule has 2 N–H and O–H groups in total. The Morgan fingerprint density at radius 1 is 1.67 bits per heavy atom. The summed E-state index contributed by atoms with van der Waals surface area (Å²) >= 11 is 0. The maximum absolute atomic E-state index is 11.0. The fourth-order valence-corrected chi connectivity index (χ4v) is 2.14. The van der Waals surface area contributed by atoms with Crippen molar-refractivity contribution in [3.63, 3.8) is 0 Å². The summed E-state index contributed by atoms with van der Waals surface area (Å²) in [5, 5.41) is 16.3. The average molecular weight is 209 g/mol. The first-order chi connectivity index (χ1) is 7.11. The minimum absolute atomic E-state index is 0.0520. The van der Waals surface area contributed by atoms with Crippen LogP contribution in [0.5, 0.6) is 0 Å². The lowest BCUT2D eigenvalue weighted by Crippen LogP contribution is -2.21. The van der Waals surface area contributed by atoms with Gasteiger partial charge in [-0.1, -0.05) is 0 Å². The standard InChI is InChI=1S/C10H15N3O2/c1-6-7(5-12-13(6)2)8-3-11-4-9(8)10(14)15/h5,8-9,11H,3-4H2,1-2H3,(H,14,15). The van der Waals surface area contributed by atoms with Crippen LogP contribution in [-0.2, 0) is 11.8 Å². The van der Waals surface area contributed by atoms with Crippen molar-refractivity contribution in [1.82, 2.24) is 15.1 Å². The van der Waals surface area contributed by atoms with Gasteiger partial charge in [-0.15, -0.1) is 0 Å². The van der Waals surface area contributed by atoms with Crippen LogP contribution < -0.4 is 5.32 Å². The highest BCUT2D eigenvalue weighted by Gasteiger charge is 2.35. The van der Waals surface area contributed by atoms with E-state index in [-0.39, 0.29) is 11.8 Å². The van der Waals surface area contributed by atoms with Crippen LogP contribution in [0, 0.1) is 12.8 Å². The van der Waals surface area contributed by atoms with E-state index in [1.165, 1.54) is 0 Å².